The van der Waals surface area contributed by atoms with Crippen molar-refractivity contribution in [1.82, 2.24) is 0 Å². The second-order valence-electron chi connectivity index (χ2n) is 4.45. The molecule has 14 heavy (non-hydrogen) atoms. The maximum Gasteiger partial charge on any atom is 0.0525 e. The first-order chi connectivity index (χ1) is 6.69. The van der Waals surface area contributed by atoms with Gasteiger partial charge in [0.15, 0.2) is 0 Å². The summed E-state index contributed by atoms with van der Waals surface area (Å²) in [6, 6.07) is 5.98. The van der Waals surface area contributed by atoms with Crippen molar-refractivity contribution >= 4 is 33.2 Å². The number of hydrogen-bond acceptors (Lipinski definition) is 1. The molecule has 0 atom stereocenters. The fourth-order valence-electron chi connectivity index (χ4n) is 2.15. The minimum atomic E-state index is 0.696. The molecule has 0 N–H and O–H groups in total. The van der Waals surface area contributed by atoms with Gasteiger partial charge < -0.3 is 4.90 Å². The van der Waals surface area contributed by atoms with Crippen molar-refractivity contribution in [1.29, 1.82) is 0 Å². The molecule has 1 aliphatic carbocycles. The van der Waals surface area contributed by atoms with Crippen molar-refractivity contribution in [2.45, 2.75) is 12.8 Å². The molecule has 1 nitrogen and oxygen atoms in total. The van der Waals surface area contributed by atoms with Crippen molar-refractivity contribution in [2.24, 2.45) is 5.41 Å². The minimum Gasteiger partial charge on any atom is -0.369 e. The maximum atomic E-state index is 5.98. The molecule has 74 valence electrons. The van der Waals surface area contributed by atoms with Crippen LogP contribution in [0.5, 0.6) is 0 Å². The minimum absolute atomic E-state index is 0.696. The van der Waals surface area contributed by atoms with Gasteiger partial charge in [-0.05, 0) is 47.0 Å². The van der Waals surface area contributed by atoms with Gasteiger partial charge in [0.25, 0.3) is 0 Å². The number of hydrogen-bond donors (Lipinski definition) is 0. The van der Waals surface area contributed by atoms with Crippen LogP contribution < -0.4 is 4.90 Å². The lowest BCUT2D eigenvalue weighted by Gasteiger charge is -2.42. The highest BCUT2D eigenvalue weighted by Gasteiger charge is 2.52. The fraction of sp³-hybridized carbons (Fsp3) is 0.455. The van der Waals surface area contributed by atoms with Gasteiger partial charge in [-0.2, -0.15) is 0 Å². The molecule has 0 aromatic heterocycles. The second-order valence-corrected chi connectivity index (χ2v) is 5.74. The zero-order chi connectivity index (χ0) is 9.76. The standard InChI is InChI=1S/C11H11BrClN/c12-9-2-1-8(13)5-10(9)14-6-11(7-14)3-4-11/h1-2,5H,3-4,6-7H2. The lowest BCUT2D eigenvalue weighted by Crippen LogP contribution is -2.48. The topological polar surface area (TPSA) is 3.24 Å². The molecule has 3 heteroatoms. The third kappa shape index (κ3) is 1.36. The van der Waals surface area contributed by atoms with Crippen LogP contribution in [0.2, 0.25) is 5.02 Å². The van der Waals surface area contributed by atoms with E-state index < -0.39 is 0 Å². The number of halogens is 2. The van der Waals surface area contributed by atoms with E-state index in [0.29, 0.717) is 5.41 Å². The van der Waals surface area contributed by atoms with E-state index >= 15 is 0 Å². The molecule has 1 aromatic rings. The van der Waals surface area contributed by atoms with Crippen LogP contribution in [0, 0.1) is 5.41 Å². The molecule has 1 spiro atoms. The first-order valence-corrected chi connectivity index (χ1v) is 6.06. The molecule has 1 aliphatic heterocycles. The molecule has 0 amide bonds. The average Bonchev–Trinajstić information content (AvgIpc) is 2.86. The third-order valence-electron chi connectivity index (χ3n) is 3.26. The van der Waals surface area contributed by atoms with Crippen molar-refractivity contribution in [2.75, 3.05) is 18.0 Å². The average molecular weight is 273 g/mol. The van der Waals surface area contributed by atoms with Crippen molar-refractivity contribution in [3.05, 3.63) is 27.7 Å². The van der Waals surface area contributed by atoms with E-state index in [0.717, 1.165) is 9.50 Å². The molecular weight excluding hydrogens is 261 g/mol. The van der Waals surface area contributed by atoms with Crippen LogP contribution in [0.1, 0.15) is 12.8 Å². The molecule has 0 bridgehead atoms. The molecule has 1 aromatic carbocycles. The summed E-state index contributed by atoms with van der Waals surface area (Å²) in [6.45, 7) is 2.43. The van der Waals surface area contributed by atoms with Crippen molar-refractivity contribution < 1.29 is 0 Å². The van der Waals surface area contributed by atoms with Crippen molar-refractivity contribution in [3.63, 3.8) is 0 Å². The summed E-state index contributed by atoms with van der Waals surface area (Å²) < 4.78 is 1.15. The highest BCUT2D eigenvalue weighted by atomic mass is 79.9. The van der Waals surface area contributed by atoms with Gasteiger partial charge in [-0.1, -0.05) is 11.6 Å². The Morgan fingerprint density at radius 3 is 2.64 bits per heavy atom. The fourth-order valence-corrected chi connectivity index (χ4v) is 2.82. The number of rotatable bonds is 1. The summed E-state index contributed by atoms with van der Waals surface area (Å²) in [5.41, 5.74) is 1.94. The highest BCUT2D eigenvalue weighted by molar-refractivity contribution is 9.10. The molecular formula is C11H11BrClN. The second kappa shape index (κ2) is 2.89. The van der Waals surface area contributed by atoms with Crippen molar-refractivity contribution in [3.8, 4) is 0 Å². The number of benzene rings is 1. The summed E-state index contributed by atoms with van der Waals surface area (Å²) in [5, 5.41) is 0.819. The Balaban J connectivity index is 1.85. The van der Waals surface area contributed by atoms with E-state index in [-0.39, 0.29) is 0 Å². The maximum absolute atomic E-state index is 5.98. The lowest BCUT2D eigenvalue weighted by molar-refractivity contribution is 0.387. The third-order valence-corrected chi connectivity index (χ3v) is 4.16. The Bertz CT molecular complexity index is 379. The largest absolute Gasteiger partial charge is 0.369 e. The lowest BCUT2D eigenvalue weighted by atomic mass is 9.96. The Kier molecular flexibility index (Phi) is 1.87. The van der Waals surface area contributed by atoms with Crippen LogP contribution >= 0.6 is 27.5 Å². The van der Waals surface area contributed by atoms with E-state index in [4.69, 9.17) is 11.6 Å². The van der Waals surface area contributed by atoms with Gasteiger partial charge in [0.2, 0.25) is 0 Å². The summed E-state index contributed by atoms with van der Waals surface area (Å²) in [5.74, 6) is 0. The molecule has 0 unspecified atom stereocenters. The molecule has 3 rings (SSSR count). The Morgan fingerprint density at radius 2 is 2.00 bits per heavy atom. The van der Waals surface area contributed by atoms with E-state index in [9.17, 15) is 0 Å². The van der Waals surface area contributed by atoms with Crippen LogP contribution in [-0.2, 0) is 0 Å². The summed E-state index contributed by atoms with van der Waals surface area (Å²) in [4.78, 5) is 2.41. The van der Waals surface area contributed by atoms with E-state index in [2.05, 4.69) is 20.8 Å². The molecule has 1 saturated carbocycles. The van der Waals surface area contributed by atoms with Crippen LogP contribution in [0.15, 0.2) is 22.7 Å². The SMILES string of the molecule is Clc1ccc(Br)c(N2CC3(CC3)C2)c1. The summed E-state index contributed by atoms with van der Waals surface area (Å²) in [7, 11) is 0. The first-order valence-electron chi connectivity index (χ1n) is 4.89. The van der Waals surface area contributed by atoms with E-state index in [1.54, 1.807) is 0 Å². The Hall–Kier alpha value is -0.210. The smallest absolute Gasteiger partial charge is 0.0525 e. The van der Waals surface area contributed by atoms with Gasteiger partial charge in [0.1, 0.15) is 0 Å². The van der Waals surface area contributed by atoms with Crippen LogP contribution in [0.4, 0.5) is 5.69 Å². The van der Waals surface area contributed by atoms with Gasteiger partial charge >= 0.3 is 0 Å². The van der Waals surface area contributed by atoms with Gasteiger partial charge in [-0.3, -0.25) is 0 Å². The predicted molar refractivity (Wildman–Crippen MR) is 63.0 cm³/mol. The van der Waals surface area contributed by atoms with Crippen LogP contribution in [-0.4, -0.2) is 13.1 Å². The highest BCUT2D eigenvalue weighted by Crippen LogP contribution is 2.54. The normalized spacial score (nSPS) is 22.3. The van der Waals surface area contributed by atoms with Gasteiger partial charge in [-0.25, -0.2) is 0 Å². The van der Waals surface area contributed by atoms with Gasteiger partial charge in [-0.15, -0.1) is 0 Å². The quantitative estimate of drug-likeness (QED) is 0.753. The van der Waals surface area contributed by atoms with Gasteiger partial charge in [0, 0.05) is 28.0 Å². The Labute approximate surface area is 97.2 Å². The summed E-state index contributed by atoms with van der Waals surface area (Å²) >= 11 is 9.54. The van der Waals surface area contributed by atoms with Crippen LogP contribution in [0.3, 0.4) is 0 Å². The molecule has 0 radical (unpaired) electrons. The predicted octanol–water partition coefficient (Wildman–Crippen LogP) is 3.70. The molecule has 1 heterocycles. The number of anilines is 1. The van der Waals surface area contributed by atoms with E-state index in [1.807, 2.05) is 18.2 Å². The zero-order valence-corrected chi connectivity index (χ0v) is 10.1. The molecule has 1 saturated heterocycles. The Morgan fingerprint density at radius 1 is 1.29 bits per heavy atom. The van der Waals surface area contributed by atoms with Gasteiger partial charge in [0.05, 0.1) is 5.69 Å². The van der Waals surface area contributed by atoms with E-state index in [1.165, 1.54) is 31.6 Å². The first kappa shape index (κ1) is 9.05. The monoisotopic (exact) mass is 271 g/mol. The summed E-state index contributed by atoms with van der Waals surface area (Å²) in [6.07, 6.45) is 2.84. The molecule has 2 fully saturated rings. The van der Waals surface area contributed by atoms with Crippen LogP contribution in [0.25, 0.3) is 0 Å². The number of nitrogens with zero attached hydrogens (tertiary/aromatic N) is 1. The zero-order valence-electron chi connectivity index (χ0n) is 7.76. The molecule has 2 aliphatic rings.